The van der Waals surface area contributed by atoms with Crippen LogP contribution in [0.2, 0.25) is 0 Å². The summed E-state index contributed by atoms with van der Waals surface area (Å²) in [6.07, 6.45) is 2.92. The summed E-state index contributed by atoms with van der Waals surface area (Å²) >= 11 is 0. The second-order valence-corrected chi connectivity index (χ2v) is 11.5. The smallest absolute Gasteiger partial charge is 0.265 e. The predicted molar refractivity (Wildman–Crippen MR) is 151 cm³/mol. The fraction of sp³-hybridized carbons (Fsp3) is 0.407. The molecule has 0 spiro atoms. The van der Waals surface area contributed by atoms with Gasteiger partial charge in [0.25, 0.3) is 11.5 Å². The van der Waals surface area contributed by atoms with Crippen LogP contribution in [0.1, 0.15) is 28.8 Å². The fourth-order valence-corrected chi connectivity index (χ4v) is 5.49. The summed E-state index contributed by atoms with van der Waals surface area (Å²) < 4.78 is 37.9. The van der Waals surface area contributed by atoms with Gasteiger partial charge in [0, 0.05) is 37.1 Å². The van der Waals surface area contributed by atoms with Crippen LogP contribution in [-0.4, -0.2) is 68.9 Å². The number of piperidine rings is 1. The Morgan fingerprint density at radius 3 is 2.46 bits per heavy atom. The maximum atomic E-state index is 12.9. The molecule has 2 N–H and O–H groups in total. The Hall–Kier alpha value is -3.12. The number of amides is 1. The van der Waals surface area contributed by atoms with Crippen molar-refractivity contribution in [1.29, 1.82) is 0 Å². The first-order valence-corrected chi connectivity index (χ1v) is 14.6. The van der Waals surface area contributed by atoms with Gasteiger partial charge < -0.3 is 24.3 Å². The first-order chi connectivity index (χ1) is 18.3. The number of pyridine rings is 1. The largest absolute Gasteiger partial charge is 0.486 e. The zero-order valence-electron chi connectivity index (χ0n) is 21.7. The molecule has 1 saturated heterocycles. The molecule has 5 rings (SSSR count). The Labute approximate surface area is 233 Å². The number of nitrogens with one attached hydrogen (secondary N) is 2. The van der Waals surface area contributed by atoms with Gasteiger partial charge in [-0.1, -0.05) is 24.3 Å². The zero-order valence-corrected chi connectivity index (χ0v) is 23.4. The van der Waals surface area contributed by atoms with Crippen LogP contribution in [0.25, 0.3) is 10.9 Å². The molecule has 2 aliphatic heterocycles. The van der Waals surface area contributed by atoms with Crippen molar-refractivity contribution in [2.24, 2.45) is 0 Å². The van der Waals surface area contributed by atoms with Crippen LogP contribution in [0.3, 0.4) is 0 Å². The SMILES string of the molecule is CS(=O)(=O)NC(=O)c1cc(=O)n(CCN2CCC(NCc3ccc4c(c3)OCCO4)CC2)c2ccccc12.Cl. The first-order valence-electron chi connectivity index (χ1n) is 12.8. The lowest BCUT2D eigenvalue weighted by atomic mass is 10.0. The van der Waals surface area contributed by atoms with Gasteiger partial charge in [-0.3, -0.25) is 9.59 Å². The van der Waals surface area contributed by atoms with E-state index in [1.165, 1.54) is 6.07 Å². The summed E-state index contributed by atoms with van der Waals surface area (Å²) in [5, 5.41) is 4.18. The molecule has 2 aromatic carbocycles. The molecule has 0 unspecified atom stereocenters. The molecule has 3 aromatic rings. The Bertz CT molecular complexity index is 1500. The quantitative estimate of drug-likeness (QED) is 0.419. The van der Waals surface area contributed by atoms with E-state index in [9.17, 15) is 18.0 Å². The average molecular weight is 577 g/mol. The molecule has 0 aliphatic carbocycles. The molecule has 0 bridgehead atoms. The standard InChI is InChI=1S/C27H32N4O6S.ClH/c1-38(34,35)29-27(33)22-17-26(32)31(23-5-3-2-4-21(22)23)13-12-30-10-8-20(9-11-30)28-18-19-6-7-24-25(16-19)37-15-14-36-24;/h2-7,16-17,20,28H,8-15,18H2,1H3,(H,29,33);1H. The third-order valence-corrected chi connectivity index (χ3v) is 7.53. The van der Waals surface area contributed by atoms with Crippen molar-refractivity contribution in [3.63, 3.8) is 0 Å². The average Bonchev–Trinajstić information content (AvgIpc) is 2.90. The van der Waals surface area contributed by atoms with E-state index in [-0.39, 0.29) is 23.5 Å². The second kappa shape index (κ2) is 12.4. The Balaban J connectivity index is 0.00000353. The Morgan fingerprint density at radius 2 is 1.72 bits per heavy atom. The van der Waals surface area contributed by atoms with Crippen molar-refractivity contribution >= 4 is 39.2 Å². The number of carbonyl (C=O) groups is 1. The van der Waals surface area contributed by atoms with Crippen molar-refractivity contribution in [2.75, 3.05) is 39.1 Å². The molecule has 2 aliphatic rings. The van der Waals surface area contributed by atoms with E-state index >= 15 is 0 Å². The van der Waals surface area contributed by atoms with Crippen LogP contribution in [0.4, 0.5) is 0 Å². The van der Waals surface area contributed by atoms with Crippen molar-refractivity contribution in [2.45, 2.75) is 32.0 Å². The predicted octanol–water partition coefficient (Wildman–Crippen LogP) is 2.14. The number of hydrogen-bond acceptors (Lipinski definition) is 8. The normalized spacial score (nSPS) is 16.0. The number of benzene rings is 2. The van der Waals surface area contributed by atoms with E-state index in [1.807, 2.05) is 16.9 Å². The van der Waals surface area contributed by atoms with Gasteiger partial charge >= 0.3 is 0 Å². The summed E-state index contributed by atoms with van der Waals surface area (Å²) in [5.74, 6) is 0.794. The van der Waals surface area contributed by atoms with Crippen LogP contribution in [-0.2, 0) is 23.1 Å². The van der Waals surface area contributed by atoms with Crippen LogP contribution in [0.5, 0.6) is 11.5 Å². The van der Waals surface area contributed by atoms with Gasteiger partial charge in [0.2, 0.25) is 10.0 Å². The third-order valence-electron chi connectivity index (χ3n) is 6.97. The summed E-state index contributed by atoms with van der Waals surface area (Å²) in [6.45, 7) is 4.94. The lowest BCUT2D eigenvalue weighted by Crippen LogP contribution is -2.43. The highest BCUT2D eigenvalue weighted by Crippen LogP contribution is 2.30. The van der Waals surface area contributed by atoms with E-state index in [0.29, 0.717) is 43.2 Å². The van der Waals surface area contributed by atoms with Gasteiger partial charge in [0.15, 0.2) is 11.5 Å². The molecule has 0 atom stereocenters. The molecule has 0 radical (unpaired) electrons. The van der Waals surface area contributed by atoms with Gasteiger partial charge in [-0.15, -0.1) is 12.4 Å². The van der Waals surface area contributed by atoms with E-state index in [2.05, 4.69) is 16.3 Å². The highest BCUT2D eigenvalue weighted by atomic mass is 35.5. The van der Waals surface area contributed by atoms with Gasteiger partial charge in [-0.05, 0) is 49.7 Å². The zero-order chi connectivity index (χ0) is 26.7. The topological polar surface area (TPSA) is 119 Å². The van der Waals surface area contributed by atoms with Crippen molar-refractivity contribution in [1.82, 2.24) is 19.5 Å². The van der Waals surface area contributed by atoms with Gasteiger partial charge in [0.1, 0.15) is 13.2 Å². The van der Waals surface area contributed by atoms with Crippen molar-refractivity contribution < 1.29 is 22.7 Å². The number of para-hydroxylation sites is 1. The number of ether oxygens (including phenoxy) is 2. The Kier molecular flexibility index (Phi) is 9.16. The number of nitrogens with zero attached hydrogens (tertiary/aromatic N) is 2. The number of carbonyl (C=O) groups excluding carboxylic acids is 1. The number of rotatable bonds is 8. The Morgan fingerprint density at radius 1 is 1.00 bits per heavy atom. The van der Waals surface area contributed by atoms with E-state index in [0.717, 1.165) is 55.8 Å². The number of aromatic nitrogens is 1. The summed E-state index contributed by atoms with van der Waals surface area (Å²) in [4.78, 5) is 27.8. The molecular weight excluding hydrogens is 544 g/mol. The molecule has 1 fully saturated rings. The molecule has 0 saturated carbocycles. The van der Waals surface area contributed by atoms with Crippen LogP contribution in [0.15, 0.2) is 53.3 Å². The molecule has 1 amide bonds. The lowest BCUT2D eigenvalue weighted by Gasteiger charge is -2.32. The monoisotopic (exact) mass is 576 g/mol. The number of fused-ring (bicyclic) bond motifs is 2. The van der Waals surface area contributed by atoms with Gasteiger partial charge in [-0.25, -0.2) is 13.1 Å². The number of likely N-dealkylation sites (tertiary alicyclic amines) is 1. The molecule has 10 nitrogen and oxygen atoms in total. The van der Waals surface area contributed by atoms with Crippen LogP contribution >= 0.6 is 12.4 Å². The van der Waals surface area contributed by atoms with E-state index in [1.54, 1.807) is 28.8 Å². The molecule has 1 aromatic heterocycles. The minimum atomic E-state index is -3.75. The molecule has 12 heteroatoms. The van der Waals surface area contributed by atoms with Crippen molar-refractivity contribution in [3.8, 4) is 11.5 Å². The maximum Gasteiger partial charge on any atom is 0.265 e. The summed E-state index contributed by atoms with van der Waals surface area (Å²) in [6, 6.07) is 14.8. The van der Waals surface area contributed by atoms with E-state index in [4.69, 9.17) is 9.47 Å². The maximum absolute atomic E-state index is 12.9. The summed E-state index contributed by atoms with van der Waals surface area (Å²) in [7, 11) is -3.75. The second-order valence-electron chi connectivity index (χ2n) is 9.74. The first kappa shape index (κ1) is 28.9. The highest BCUT2D eigenvalue weighted by molar-refractivity contribution is 7.89. The minimum absolute atomic E-state index is 0. The number of sulfonamides is 1. The number of hydrogen-bond donors (Lipinski definition) is 2. The lowest BCUT2D eigenvalue weighted by molar-refractivity contribution is 0.0983. The number of halogens is 1. The molecule has 210 valence electrons. The summed E-state index contributed by atoms with van der Waals surface area (Å²) in [5.41, 5.74) is 1.49. The highest BCUT2D eigenvalue weighted by Gasteiger charge is 2.21. The van der Waals surface area contributed by atoms with Crippen LogP contribution in [0, 0.1) is 0 Å². The fourth-order valence-electron chi connectivity index (χ4n) is 5.04. The third kappa shape index (κ3) is 7.10. The van der Waals surface area contributed by atoms with Gasteiger partial charge in [-0.2, -0.15) is 0 Å². The van der Waals surface area contributed by atoms with Crippen LogP contribution < -0.4 is 25.1 Å². The molecule has 39 heavy (non-hydrogen) atoms. The minimum Gasteiger partial charge on any atom is -0.486 e. The molecular formula is C27H33ClN4O6S. The van der Waals surface area contributed by atoms with Crippen molar-refractivity contribution in [3.05, 3.63) is 70.0 Å². The van der Waals surface area contributed by atoms with E-state index < -0.39 is 15.9 Å². The molecule has 3 heterocycles. The van der Waals surface area contributed by atoms with Gasteiger partial charge in [0.05, 0.1) is 17.3 Å².